The number of carbonyl (C=O) groups excluding carboxylic acids is 2. The molecule has 2 atom stereocenters. The summed E-state index contributed by atoms with van der Waals surface area (Å²) < 4.78 is 1.84. The van der Waals surface area contributed by atoms with E-state index in [4.69, 9.17) is 0 Å². The first-order valence-corrected chi connectivity index (χ1v) is 14.8. The fraction of sp³-hybridized carbons (Fsp3) is 0.229. The van der Waals surface area contributed by atoms with Crippen LogP contribution in [0.2, 0.25) is 0 Å². The number of hydrogen-bond acceptors (Lipinski definition) is 5. The van der Waals surface area contributed by atoms with Gasteiger partial charge in [-0.3, -0.25) is 9.59 Å². The third kappa shape index (κ3) is 5.74. The van der Waals surface area contributed by atoms with Crippen LogP contribution < -0.4 is 15.5 Å². The molecular weight excluding hydrogens is 538 g/mol. The van der Waals surface area contributed by atoms with E-state index in [1.807, 2.05) is 89.6 Å². The SMILES string of the molecule is O=C(Nc1ccc2c(cnn2-c2ccc(NC(=O)[C@@H]3C[C@H]3c3ccccc3)cc2)c1)c1ccc(N2CCC(O)CC2)cc1. The quantitative estimate of drug-likeness (QED) is 0.223. The molecule has 0 bridgehead atoms. The van der Waals surface area contributed by atoms with Crippen LogP contribution in [0.5, 0.6) is 0 Å². The van der Waals surface area contributed by atoms with E-state index in [9.17, 15) is 14.7 Å². The lowest BCUT2D eigenvalue weighted by Crippen LogP contribution is -2.35. The van der Waals surface area contributed by atoms with Gasteiger partial charge in [-0.25, -0.2) is 4.68 Å². The number of aliphatic hydroxyl groups is 1. The summed E-state index contributed by atoms with van der Waals surface area (Å²) in [4.78, 5) is 27.9. The average Bonchev–Trinajstić information content (AvgIpc) is 3.75. The molecular formula is C35H33N5O3. The highest BCUT2D eigenvalue weighted by Gasteiger charge is 2.43. The highest BCUT2D eigenvalue weighted by atomic mass is 16.3. The Balaban J connectivity index is 0.980. The second-order valence-corrected chi connectivity index (χ2v) is 11.4. The molecule has 0 radical (unpaired) electrons. The number of aliphatic hydroxyl groups excluding tert-OH is 1. The molecule has 1 aliphatic heterocycles. The molecule has 5 aromatic rings. The van der Waals surface area contributed by atoms with Gasteiger partial charge in [0.2, 0.25) is 5.91 Å². The minimum absolute atomic E-state index is 0.0154. The Labute approximate surface area is 250 Å². The van der Waals surface area contributed by atoms with E-state index in [-0.39, 0.29) is 23.8 Å². The maximum absolute atomic E-state index is 12.9. The third-order valence-corrected chi connectivity index (χ3v) is 8.52. The van der Waals surface area contributed by atoms with E-state index in [1.165, 1.54) is 5.56 Å². The molecule has 216 valence electrons. The van der Waals surface area contributed by atoms with Gasteiger partial charge >= 0.3 is 0 Å². The monoisotopic (exact) mass is 571 g/mol. The Kier molecular flexibility index (Phi) is 7.12. The number of fused-ring (bicyclic) bond motifs is 1. The molecule has 3 N–H and O–H groups in total. The van der Waals surface area contributed by atoms with Crippen LogP contribution in [0.1, 0.15) is 41.1 Å². The summed E-state index contributed by atoms with van der Waals surface area (Å²) in [7, 11) is 0. The maximum Gasteiger partial charge on any atom is 0.255 e. The number of anilines is 3. The number of rotatable bonds is 7. The van der Waals surface area contributed by atoms with Crippen molar-refractivity contribution in [2.75, 3.05) is 28.6 Å². The van der Waals surface area contributed by atoms with Crippen molar-refractivity contribution < 1.29 is 14.7 Å². The van der Waals surface area contributed by atoms with Crippen molar-refractivity contribution in [3.05, 3.63) is 114 Å². The molecule has 8 nitrogen and oxygen atoms in total. The van der Waals surface area contributed by atoms with Gasteiger partial charge in [0.25, 0.3) is 5.91 Å². The van der Waals surface area contributed by atoms with Gasteiger partial charge in [-0.05, 0) is 97.5 Å². The summed E-state index contributed by atoms with van der Waals surface area (Å²) >= 11 is 0. The van der Waals surface area contributed by atoms with Crippen LogP contribution in [-0.2, 0) is 4.79 Å². The average molecular weight is 572 g/mol. The van der Waals surface area contributed by atoms with Gasteiger partial charge in [0.1, 0.15) is 0 Å². The van der Waals surface area contributed by atoms with Gasteiger partial charge in [0, 0.05) is 47.0 Å². The molecule has 1 saturated carbocycles. The van der Waals surface area contributed by atoms with E-state index >= 15 is 0 Å². The van der Waals surface area contributed by atoms with E-state index in [2.05, 4.69) is 32.8 Å². The highest BCUT2D eigenvalue weighted by Crippen LogP contribution is 2.47. The third-order valence-electron chi connectivity index (χ3n) is 8.52. The normalized spacial score (nSPS) is 18.4. The molecule has 2 amide bonds. The molecule has 1 saturated heterocycles. The fourth-order valence-corrected chi connectivity index (χ4v) is 5.94. The largest absolute Gasteiger partial charge is 0.393 e. The van der Waals surface area contributed by atoms with Crippen molar-refractivity contribution in [1.29, 1.82) is 0 Å². The van der Waals surface area contributed by atoms with Crippen molar-refractivity contribution in [2.24, 2.45) is 5.92 Å². The number of benzene rings is 4. The zero-order valence-electron chi connectivity index (χ0n) is 23.7. The Hall–Kier alpha value is -4.95. The first-order chi connectivity index (χ1) is 21.0. The van der Waals surface area contributed by atoms with E-state index in [1.54, 1.807) is 6.20 Å². The number of carbonyl (C=O) groups is 2. The second-order valence-electron chi connectivity index (χ2n) is 11.4. The van der Waals surface area contributed by atoms with E-state index in [0.717, 1.165) is 60.3 Å². The topological polar surface area (TPSA) is 99.5 Å². The smallest absolute Gasteiger partial charge is 0.255 e. The Morgan fingerprint density at radius 2 is 1.49 bits per heavy atom. The molecule has 4 aromatic carbocycles. The molecule has 2 heterocycles. The summed E-state index contributed by atoms with van der Waals surface area (Å²) in [5.41, 5.74) is 6.11. The predicted octanol–water partition coefficient (Wildman–Crippen LogP) is 5.98. The van der Waals surface area contributed by atoms with Gasteiger partial charge in [-0.15, -0.1) is 0 Å². The molecule has 2 fully saturated rings. The number of nitrogens with zero attached hydrogens (tertiary/aromatic N) is 3. The summed E-state index contributed by atoms with van der Waals surface area (Å²) in [6, 6.07) is 31.2. The zero-order chi connectivity index (χ0) is 29.3. The molecule has 0 unspecified atom stereocenters. The van der Waals surface area contributed by atoms with Crippen molar-refractivity contribution >= 4 is 39.8 Å². The molecule has 7 rings (SSSR count). The van der Waals surface area contributed by atoms with Gasteiger partial charge in [-0.2, -0.15) is 5.10 Å². The second kappa shape index (κ2) is 11.4. The molecule has 1 aliphatic carbocycles. The minimum Gasteiger partial charge on any atom is -0.393 e. The Morgan fingerprint density at radius 3 is 2.23 bits per heavy atom. The van der Waals surface area contributed by atoms with E-state index in [0.29, 0.717) is 17.2 Å². The van der Waals surface area contributed by atoms with Crippen molar-refractivity contribution in [2.45, 2.75) is 31.3 Å². The number of aromatic nitrogens is 2. The molecule has 0 spiro atoms. The van der Waals surface area contributed by atoms with Crippen LogP contribution in [0.15, 0.2) is 103 Å². The predicted molar refractivity (Wildman–Crippen MR) is 169 cm³/mol. The standard InChI is InChI=1S/C35H33N5O3/c41-30-16-18-39(19-17-30)28-11-6-24(7-12-28)34(42)38-27-10-15-33-25(20-27)22-36-40(33)29-13-8-26(9-14-29)37-35(43)32-21-31(32)23-4-2-1-3-5-23/h1-15,20,22,30-32,41H,16-19,21H2,(H,37,43)(H,38,42)/t31-,32+/m0/s1. The Morgan fingerprint density at radius 1 is 0.791 bits per heavy atom. The van der Waals surface area contributed by atoms with Crippen LogP contribution in [0.25, 0.3) is 16.6 Å². The number of amides is 2. The lowest BCUT2D eigenvalue weighted by atomic mass is 10.1. The van der Waals surface area contributed by atoms with Crippen molar-refractivity contribution in [3.63, 3.8) is 0 Å². The van der Waals surface area contributed by atoms with Crippen LogP contribution in [0, 0.1) is 5.92 Å². The van der Waals surface area contributed by atoms with Crippen molar-refractivity contribution in [1.82, 2.24) is 9.78 Å². The van der Waals surface area contributed by atoms with Gasteiger partial charge in [0.05, 0.1) is 23.5 Å². The molecule has 1 aromatic heterocycles. The Bertz CT molecular complexity index is 1760. The summed E-state index contributed by atoms with van der Waals surface area (Å²) in [5.74, 6) is 0.194. The fourth-order valence-electron chi connectivity index (χ4n) is 5.94. The molecule has 2 aliphatic rings. The van der Waals surface area contributed by atoms with Gasteiger partial charge < -0.3 is 20.6 Å². The highest BCUT2D eigenvalue weighted by molar-refractivity contribution is 6.05. The minimum atomic E-state index is -0.216. The van der Waals surface area contributed by atoms with Crippen LogP contribution in [0.3, 0.4) is 0 Å². The van der Waals surface area contributed by atoms with Gasteiger partial charge in [0.15, 0.2) is 0 Å². The lowest BCUT2D eigenvalue weighted by Gasteiger charge is -2.31. The summed E-state index contributed by atoms with van der Waals surface area (Å²) in [6.45, 7) is 1.63. The van der Waals surface area contributed by atoms with Crippen molar-refractivity contribution in [3.8, 4) is 5.69 Å². The maximum atomic E-state index is 12.9. The first-order valence-electron chi connectivity index (χ1n) is 14.8. The molecule has 8 heteroatoms. The zero-order valence-corrected chi connectivity index (χ0v) is 23.7. The summed E-state index contributed by atoms with van der Waals surface area (Å²) in [5, 5.41) is 21.3. The van der Waals surface area contributed by atoms with E-state index < -0.39 is 0 Å². The lowest BCUT2D eigenvalue weighted by molar-refractivity contribution is -0.117. The first kappa shape index (κ1) is 26.9. The van der Waals surface area contributed by atoms with Gasteiger partial charge in [-0.1, -0.05) is 30.3 Å². The number of piperidine rings is 1. The van der Waals surface area contributed by atoms with Crippen LogP contribution >= 0.6 is 0 Å². The number of hydrogen-bond donors (Lipinski definition) is 3. The van der Waals surface area contributed by atoms with Crippen LogP contribution in [-0.4, -0.2) is 45.9 Å². The number of nitrogens with one attached hydrogen (secondary N) is 2. The molecule has 43 heavy (non-hydrogen) atoms. The summed E-state index contributed by atoms with van der Waals surface area (Å²) in [6.07, 6.45) is 3.98. The van der Waals surface area contributed by atoms with Crippen LogP contribution in [0.4, 0.5) is 17.1 Å².